The summed E-state index contributed by atoms with van der Waals surface area (Å²) in [5, 5.41) is 15.5. The topological polar surface area (TPSA) is 79.2 Å². The molecule has 5 nitrogen and oxygen atoms in total. The lowest BCUT2D eigenvalue weighted by Gasteiger charge is -2.08. The third kappa shape index (κ3) is 5.06. The minimum atomic E-state index is -0.371. The number of nitrogens with zero attached hydrogens (tertiary/aromatic N) is 1. The minimum absolute atomic E-state index is 0.115. The van der Waals surface area contributed by atoms with Gasteiger partial charge in [-0.3, -0.25) is 9.59 Å². The van der Waals surface area contributed by atoms with E-state index < -0.39 is 0 Å². The standard InChI is InChI=1S/C22H18N2O3S/c23-13-18-3-1-2-4-20(18)17-7-5-16(6-8-17)14-27-21(25)9-11-24-22(26)19-10-12-28-15-19/h1-8,10,12,15H,9,11,14H2,(H,24,26). The van der Waals surface area contributed by atoms with E-state index in [-0.39, 0.29) is 31.4 Å². The molecule has 2 aromatic carbocycles. The molecule has 0 spiro atoms. The predicted molar refractivity (Wildman–Crippen MR) is 108 cm³/mol. The Morgan fingerprint density at radius 1 is 1.07 bits per heavy atom. The molecule has 0 saturated carbocycles. The third-order valence-corrected chi connectivity index (χ3v) is 4.79. The van der Waals surface area contributed by atoms with Crippen LogP contribution in [0.25, 0.3) is 11.1 Å². The molecule has 0 aliphatic heterocycles. The summed E-state index contributed by atoms with van der Waals surface area (Å²) in [6, 6.07) is 18.9. The SMILES string of the molecule is N#Cc1ccccc1-c1ccc(COC(=O)CCNC(=O)c2ccsc2)cc1. The summed E-state index contributed by atoms with van der Waals surface area (Å²) in [6.07, 6.45) is 0.115. The number of rotatable bonds is 7. The zero-order valence-corrected chi connectivity index (χ0v) is 15.9. The van der Waals surface area contributed by atoms with Crippen LogP contribution in [0, 0.1) is 11.3 Å². The molecule has 0 radical (unpaired) electrons. The Morgan fingerprint density at radius 3 is 2.57 bits per heavy atom. The van der Waals surface area contributed by atoms with Gasteiger partial charge in [0.1, 0.15) is 6.61 Å². The van der Waals surface area contributed by atoms with Crippen molar-refractivity contribution in [2.45, 2.75) is 13.0 Å². The normalized spacial score (nSPS) is 10.1. The van der Waals surface area contributed by atoms with Crippen molar-refractivity contribution in [3.63, 3.8) is 0 Å². The van der Waals surface area contributed by atoms with Crippen LogP contribution in [0.1, 0.15) is 27.9 Å². The summed E-state index contributed by atoms with van der Waals surface area (Å²) < 4.78 is 5.25. The van der Waals surface area contributed by atoms with Gasteiger partial charge < -0.3 is 10.1 Å². The molecule has 1 heterocycles. The number of carbonyl (C=O) groups excluding carboxylic acids is 2. The van der Waals surface area contributed by atoms with Crippen molar-refractivity contribution in [2.24, 2.45) is 0 Å². The van der Waals surface area contributed by atoms with E-state index in [0.29, 0.717) is 11.1 Å². The van der Waals surface area contributed by atoms with Crippen LogP contribution in [-0.2, 0) is 16.1 Å². The lowest BCUT2D eigenvalue weighted by atomic mass is 9.99. The lowest BCUT2D eigenvalue weighted by Crippen LogP contribution is -2.26. The van der Waals surface area contributed by atoms with Crippen molar-refractivity contribution in [3.05, 3.63) is 82.0 Å². The number of nitriles is 1. The number of hydrogen-bond acceptors (Lipinski definition) is 5. The van der Waals surface area contributed by atoms with Gasteiger partial charge >= 0.3 is 5.97 Å². The first-order chi connectivity index (χ1) is 13.7. The number of hydrogen-bond donors (Lipinski definition) is 1. The Kier molecular flexibility index (Phi) is 6.55. The molecule has 140 valence electrons. The number of nitrogens with one attached hydrogen (secondary N) is 1. The Morgan fingerprint density at radius 2 is 1.86 bits per heavy atom. The number of thiophene rings is 1. The first-order valence-electron chi connectivity index (χ1n) is 8.72. The molecule has 6 heteroatoms. The Bertz CT molecular complexity index is 989. The molecule has 1 amide bonds. The molecule has 0 aliphatic carbocycles. The van der Waals surface area contributed by atoms with Crippen LogP contribution in [0.15, 0.2) is 65.4 Å². The highest BCUT2D eigenvalue weighted by Gasteiger charge is 2.08. The summed E-state index contributed by atoms with van der Waals surface area (Å²) in [5.74, 6) is -0.563. The second-order valence-corrected chi connectivity index (χ2v) is 6.81. The quantitative estimate of drug-likeness (QED) is 0.615. The maximum atomic E-state index is 11.8. The number of amides is 1. The number of benzene rings is 2. The fourth-order valence-electron chi connectivity index (χ4n) is 2.62. The molecule has 0 atom stereocenters. The highest BCUT2D eigenvalue weighted by molar-refractivity contribution is 7.08. The second-order valence-electron chi connectivity index (χ2n) is 6.03. The zero-order valence-electron chi connectivity index (χ0n) is 15.1. The summed E-state index contributed by atoms with van der Waals surface area (Å²) >= 11 is 1.45. The Labute approximate surface area is 167 Å². The van der Waals surface area contributed by atoms with E-state index in [1.54, 1.807) is 17.5 Å². The van der Waals surface area contributed by atoms with Crippen molar-refractivity contribution in [1.29, 1.82) is 5.26 Å². The summed E-state index contributed by atoms with van der Waals surface area (Å²) in [5.41, 5.74) is 3.87. The van der Waals surface area contributed by atoms with Gasteiger partial charge in [0.05, 0.1) is 18.1 Å². The van der Waals surface area contributed by atoms with Gasteiger partial charge in [-0.25, -0.2) is 0 Å². The summed E-state index contributed by atoms with van der Waals surface area (Å²) in [6.45, 7) is 0.398. The predicted octanol–water partition coefficient (Wildman–Crippen LogP) is 4.15. The molecule has 0 aliphatic rings. The number of esters is 1. The van der Waals surface area contributed by atoms with Crippen molar-refractivity contribution in [1.82, 2.24) is 5.32 Å². The van der Waals surface area contributed by atoms with Gasteiger partial charge in [0, 0.05) is 17.5 Å². The van der Waals surface area contributed by atoms with Gasteiger partial charge in [0.2, 0.25) is 0 Å². The van der Waals surface area contributed by atoms with Crippen LogP contribution < -0.4 is 5.32 Å². The van der Waals surface area contributed by atoms with Crippen molar-refractivity contribution in [2.75, 3.05) is 6.54 Å². The number of carbonyl (C=O) groups is 2. The first kappa shape index (κ1) is 19.3. The molecule has 0 fully saturated rings. The van der Waals surface area contributed by atoms with Gasteiger partial charge in [0.15, 0.2) is 0 Å². The molecule has 28 heavy (non-hydrogen) atoms. The fraction of sp³-hybridized carbons (Fsp3) is 0.136. The monoisotopic (exact) mass is 390 g/mol. The van der Waals surface area contributed by atoms with E-state index in [4.69, 9.17) is 4.74 Å². The first-order valence-corrected chi connectivity index (χ1v) is 9.66. The van der Waals surface area contributed by atoms with Gasteiger partial charge in [-0.05, 0) is 34.2 Å². The minimum Gasteiger partial charge on any atom is -0.461 e. The number of ether oxygens (including phenoxy) is 1. The van der Waals surface area contributed by atoms with Crippen molar-refractivity contribution < 1.29 is 14.3 Å². The van der Waals surface area contributed by atoms with Crippen LogP contribution in [0.2, 0.25) is 0 Å². The van der Waals surface area contributed by atoms with E-state index in [9.17, 15) is 14.9 Å². The average Bonchev–Trinajstić information content (AvgIpc) is 3.27. The van der Waals surface area contributed by atoms with Crippen LogP contribution in [-0.4, -0.2) is 18.4 Å². The highest BCUT2D eigenvalue weighted by atomic mass is 32.1. The van der Waals surface area contributed by atoms with E-state index in [1.165, 1.54) is 11.3 Å². The highest BCUT2D eigenvalue weighted by Crippen LogP contribution is 2.23. The maximum absolute atomic E-state index is 11.8. The van der Waals surface area contributed by atoms with Crippen LogP contribution in [0.4, 0.5) is 0 Å². The molecule has 3 aromatic rings. The Balaban J connectivity index is 1.46. The van der Waals surface area contributed by atoms with Crippen LogP contribution in [0.5, 0.6) is 0 Å². The molecule has 0 bridgehead atoms. The van der Waals surface area contributed by atoms with Gasteiger partial charge in [-0.2, -0.15) is 16.6 Å². The van der Waals surface area contributed by atoms with Gasteiger partial charge in [0.25, 0.3) is 5.91 Å². The molecule has 0 saturated heterocycles. The third-order valence-electron chi connectivity index (χ3n) is 4.11. The fourth-order valence-corrected chi connectivity index (χ4v) is 3.26. The van der Waals surface area contributed by atoms with Gasteiger partial charge in [-0.15, -0.1) is 0 Å². The Hall–Kier alpha value is -3.43. The largest absolute Gasteiger partial charge is 0.461 e. The maximum Gasteiger partial charge on any atom is 0.307 e. The zero-order chi connectivity index (χ0) is 19.8. The molecule has 1 aromatic heterocycles. The molecule has 1 N–H and O–H groups in total. The van der Waals surface area contributed by atoms with Crippen LogP contribution in [0.3, 0.4) is 0 Å². The lowest BCUT2D eigenvalue weighted by molar-refractivity contribution is -0.144. The van der Waals surface area contributed by atoms with E-state index >= 15 is 0 Å². The van der Waals surface area contributed by atoms with E-state index in [2.05, 4.69) is 11.4 Å². The van der Waals surface area contributed by atoms with E-state index in [0.717, 1.165) is 16.7 Å². The van der Waals surface area contributed by atoms with Crippen molar-refractivity contribution in [3.8, 4) is 17.2 Å². The summed E-state index contributed by atoms with van der Waals surface area (Å²) in [7, 11) is 0. The molecule has 0 unspecified atom stereocenters. The molecular formula is C22H18N2O3S. The summed E-state index contributed by atoms with van der Waals surface area (Å²) in [4.78, 5) is 23.6. The van der Waals surface area contributed by atoms with E-state index in [1.807, 2.05) is 47.8 Å². The molecule has 3 rings (SSSR count). The second kappa shape index (κ2) is 9.49. The van der Waals surface area contributed by atoms with Gasteiger partial charge in [-0.1, -0.05) is 42.5 Å². The smallest absolute Gasteiger partial charge is 0.307 e. The van der Waals surface area contributed by atoms with Crippen molar-refractivity contribution >= 4 is 23.2 Å². The average molecular weight is 390 g/mol. The molecular weight excluding hydrogens is 372 g/mol. The van der Waals surface area contributed by atoms with Crippen LogP contribution >= 0.6 is 11.3 Å².